The number of hydrogen-bond donors (Lipinski definition) is 4. The van der Waals surface area contributed by atoms with Gasteiger partial charge in [-0.3, -0.25) is 14.6 Å². The lowest BCUT2D eigenvalue weighted by molar-refractivity contribution is 0.231. The molecule has 2 aliphatic carbocycles. The second-order valence-electron chi connectivity index (χ2n) is 16.4. The van der Waals surface area contributed by atoms with E-state index in [9.17, 15) is 10.2 Å². The van der Waals surface area contributed by atoms with Crippen LogP contribution in [0.4, 0.5) is 11.9 Å². The fourth-order valence-corrected chi connectivity index (χ4v) is 7.97. The summed E-state index contributed by atoms with van der Waals surface area (Å²) < 4.78 is 14.3. The number of aromatic nitrogens is 14. The summed E-state index contributed by atoms with van der Waals surface area (Å²) in [6, 6.07) is 7.65. The van der Waals surface area contributed by atoms with Gasteiger partial charge in [0.25, 0.3) is 11.8 Å². The maximum absolute atomic E-state index is 9.45. The first-order valence-electron chi connectivity index (χ1n) is 20.8. The third kappa shape index (κ3) is 9.54. The molecule has 0 bridgehead atoms. The second kappa shape index (κ2) is 19.7. The van der Waals surface area contributed by atoms with Gasteiger partial charge in [-0.05, 0) is 74.6 Å². The number of halogens is 1. The van der Waals surface area contributed by atoms with Crippen molar-refractivity contribution in [2.45, 2.75) is 71.3 Å². The average molecular weight is 929 g/mol. The van der Waals surface area contributed by atoms with Crippen LogP contribution in [0, 0.1) is 11.8 Å². The van der Waals surface area contributed by atoms with Crippen molar-refractivity contribution < 1.29 is 19.3 Å². The van der Waals surface area contributed by atoms with Crippen LogP contribution >= 0.6 is 11.6 Å². The van der Waals surface area contributed by atoms with Crippen molar-refractivity contribution in [3.05, 3.63) is 116 Å². The van der Waals surface area contributed by atoms with E-state index in [1.807, 2.05) is 36.7 Å². The zero-order valence-corrected chi connectivity index (χ0v) is 36.2. The summed E-state index contributed by atoms with van der Waals surface area (Å²) in [7, 11) is 0. The van der Waals surface area contributed by atoms with Gasteiger partial charge in [-0.25, -0.2) is 24.6 Å². The van der Waals surface area contributed by atoms with Crippen LogP contribution in [0.15, 0.2) is 102 Å². The Morgan fingerprint density at radius 1 is 0.687 bits per heavy atom. The van der Waals surface area contributed by atoms with E-state index in [0.717, 1.165) is 59.3 Å². The van der Waals surface area contributed by atoms with Crippen LogP contribution in [0.2, 0.25) is 0 Å². The quantitative estimate of drug-likeness (QED) is 0.0780. The predicted octanol–water partition coefficient (Wildman–Crippen LogP) is 6.67. The van der Waals surface area contributed by atoms with Gasteiger partial charge in [0.05, 0.1) is 70.7 Å². The van der Waals surface area contributed by atoms with Crippen LogP contribution in [-0.2, 0) is 10.8 Å². The number of nitrogens with two attached hydrogens (primary N) is 2. The van der Waals surface area contributed by atoms with Gasteiger partial charge in [-0.15, -0.1) is 11.6 Å². The summed E-state index contributed by atoms with van der Waals surface area (Å²) in [5.41, 5.74) is 17.2. The summed E-state index contributed by atoms with van der Waals surface area (Å²) in [4.78, 5) is 34.8. The Hall–Kier alpha value is -7.29. The maximum Gasteiger partial charge on any atom is 0.261 e. The van der Waals surface area contributed by atoms with E-state index in [2.05, 4.69) is 70.8 Å². The van der Waals surface area contributed by atoms with E-state index in [-0.39, 0.29) is 51.9 Å². The highest BCUT2D eigenvalue weighted by atomic mass is 35.5. The van der Waals surface area contributed by atoms with Crippen molar-refractivity contribution in [2.75, 3.05) is 30.6 Å². The minimum Gasteiger partial charge on any atom is -0.394 e. The Labute approximate surface area is 391 Å². The molecule has 20 nitrogen and oxygen atoms in total. The molecule has 2 fully saturated rings. The van der Waals surface area contributed by atoms with Gasteiger partial charge in [0.1, 0.15) is 0 Å². The standard InChI is InChI=1S/C22H23ClN8O2.C22H22N8O2.2CH4/c1-22(15-2-3-15,16-4-5-18(25-10-16)13-7-26-21(24)27-8-13)20-29-19(33-30-20)14-9-28-31(11-14)17(6-23)12-32;1-13(12-31)30-11-15(9-27-30)19-28-20(29-32-19)22(2,16-3-4-16)17-5-6-18(24-10-17)14-7-25-21(23)26-8-14;;/h4-5,7-11,15,17,32H,2-3,6,12H2,1H3,(H2,24,26,27);5-11,16,31H,1,3-4,12H2,2H3,(H2,23,25,26);2*1H4. The Morgan fingerprint density at radius 2 is 1.15 bits per heavy atom. The number of anilines is 2. The molecule has 0 aromatic carbocycles. The Kier molecular flexibility index (Phi) is 14.0. The molecule has 0 amide bonds. The number of pyridine rings is 2. The number of alkyl halides is 1. The lowest BCUT2D eigenvalue weighted by Crippen LogP contribution is -2.28. The van der Waals surface area contributed by atoms with Gasteiger partial charge >= 0.3 is 0 Å². The van der Waals surface area contributed by atoms with Gasteiger partial charge in [-0.2, -0.15) is 20.2 Å². The van der Waals surface area contributed by atoms with Crippen LogP contribution in [0.5, 0.6) is 0 Å². The minimum atomic E-state index is -0.440. The Balaban J connectivity index is 0.000000193. The van der Waals surface area contributed by atoms with E-state index < -0.39 is 10.8 Å². The molecule has 8 heterocycles. The molecule has 2 saturated carbocycles. The number of aliphatic hydroxyl groups is 2. The van der Waals surface area contributed by atoms with Crippen LogP contribution in [0.3, 0.4) is 0 Å². The van der Waals surface area contributed by atoms with Crippen molar-refractivity contribution in [1.82, 2.24) is 69.7 Å². The molecule has 0 radical (unpaired) electrons. The first-order chi connectivity index (χ1) is 31.5. The smallest absolute Gasteiger partial charge is 0.261 e. The fraction of sp³-hybridized carbons (Fsp3) is 0.348. The molecular formula is C46H53ClN16O4. The number of aliphatic hydroxyl groups excluding tert-OH is 2. The second-order valence-corrected chi connectivity index (χ2v) is 16.7. The molecule has 348 valence electrons. The molecule has 3 atom stereocenters. The number of nitrogen functional groups attached to an aromatic ring is 2. The highest BCUT2D eigenvalue weighted by molar-refractivity contribution is 6.18. The zero-order chi connectivity index (χ0) is 45.3. The van der Waals surface area contributed by atoms with Crippen molar-refractivity contribution in [2.24, 2.45) is 11.8 Å². The van der Waals surface area contributed by atoms with E-state index in [0.29, 0.717) is 52.1 Å². The number of hydrogen-bond acceptors (Lipinski definition) is 18. The lowest BCUT2D eigenvalue weighted by Gasteiger charge is -2.26. The molecular weight excluding hydrogens is 876 g/mol. The molecule has 8 aromatic rings. The highest BCUT2D eigenvalue weighted by Crippen LogP contribution is 2.51. The normalized spacial score (nSPS) is 15.5. The summed E-state index contributed by atoms with van der Waals surface area (Å²) in [5.74, 6) is 3.45. The molecule has 10 rings (SSSR count). The molecule has 0 aliphatic heterocycles. The van der Waals surface area contributed by atoms with Crippen molar-refractivity contribution in [3.63, 3.8) is 0 Å². The van der Waals surface area contributed by atoms with Crippen LogP contribution in [-0.4, -0.2) is 99.1 Å². The fourth-order valence-electron chi connectivity index (χ4n) is 7.73. The van der Waals surface area contributed by atoms with Crippen molar-refractivity contribution in [1.29, 1.82) is 0 Å². The van der Waals surface area contributed by atoms with Crippen LogP contribution < -0.4 is 11.5 Å². The minimum absolute atomic E-state index is 0. The first-order valence-corrected chi connectivity index (χ1v) is 21.4. The van der Waals surface area contributed by atoms with Gasteiger partial charge in [0, 0.05) is 66.6 Å². The summed E-state index contributed by atoms with van der Waals surface area (Å²) in [6.07, 6.45) is 21.4. The zero-order valence-electron chi connectivity index (χ0n) is 35.5. The van der Waals surface area contributed by atoms with E-state index >= 15 is 0 Å². The Bertz CT molecular complexity index is 2890. The highest BCUT2D eigenvalue weighted by Gasteiger charge is 2.49. The topological polar surface area (TPSA) is 283 Å². The Morgan fingerprint density at radius 3 is 1.55 bits per heavy atom. The average Bonchev–Trinajstić information content (AvgIpc) is 4.10. The molecule has 3 unspecified atom stereocenters. The monoisotopic (exact) mass is 928 g/mol. The molecule has 21 heteroatoms. The van der Waals surface area contributed by atoms with Gasteiger partial charge < -0.3 is 30.7 Å². The van der Waals surface area contributed by atoms with Crippen LogP contribution in [0.1, 0.15) is 83.2 Å². The lowest BCUT2D eigenvalue weighted by atomic mass is 9.77. The summed E-state index contributed by atoms with van der Waals surface area (Å²) >= 11 is 5.90. The van der Waals surface area contributed by atoms with Crippen molar-refractivity contribution in [3.8, 4) is 45.4 Å². The number of rotatable bonds is 15. The SMILES string of the molecule is C.C.C=C(CO)n1cc(-c2nc(C(C)(c3ccc(-c4cnc(N)nc4)nc3)C3CC3)no2)cn1.CC(c1ccc(-c2cnc(N)nc2)nc1)(c1noc(-c2cnn(C(CO)CCl)c2)n1)C1CC1. The van der Waals surface area contributed by atoms with E-state index in [4.69, 9.17) is 42.1 Å². The molecule has 2 aliphatic rings. The van der Waals surface area contributed by atoms with E-state index in [1.54, 1.807) is 54.3 Å². The van der Waals surface area contributed by atoms with Crippen LogP contribution in [0.25, 0.3) is 51.1 Å². The third-order valence-electron chi connectivity index (χ3n) is 12.2. The van der Waals surface area contributed by atoms with Gasteiger partial charge in [0.15, 0.2) is 11.6 Å². The number of nitrogens with zero attached hydrogens (tertiary/aromatic N) is 14. The maximum atomic E-state index is 9.45. The van der Waals surface area contributed by atoms with E-state index in [1.165, 1.54) is 4.68 Å². The third-order valence-corrected chi connectivity index (χ3v) is 12.5. The van der Waals surface area contributed by atoms with Gasteiger partial charge in [0.2, 0.25) is 11.9 Å². The largest absolute Gasteiger partial charge is 0.394 e. The molecule has 67 heavy (non-hydrogen) atoms. The summed E-state index contributed by atoms with van der Waals surface area (Å²) in [5, 5.41) is 35.8. The van der Waals surface area contributed by atoms with Gasteiger partial charge in [-0.1, -0.05) is 43.9 Å². The first kappa shape index (κ1) is 47.7. The molecule has 0 saturated heterocycles. The van der Waals surface area contributed by atoms with Crippen molar-refractivity contribution >= 4 is 29.2 Å². The summed E-state index contributed by atoms with van der Waals surface area (Å²) in [6.45, 7) is 7.71. The molecule has 8 aromatic heterocycles. The molecule has 6 N–H and O–H groups in total. The predicted molar refractivity (Wildman–Crippen MR) is 251 cm³/mol. The molecule has 0 spiro atoms.